The molecule has 4 rings (SSSR count). The van der Waals surface area contributed by atoms with Gasteiger partial charge >= 0.3 is 5.97 Å². The van der Waals surface area contributed by atoms with Gasteiger partial charge in [0, 0.05) is 17.9 Å². The van der Waals surface area contributed by atoms with Crippen LogP contribution in [0.5, 0.6) is 5.75 Å². The Labute approximate surface area is 236 Å². The lowest BCUT2D eigenvalue weighted by molar-refractivity contribution is -0.153. The van der Waals surface area contributed by atoms with Gasteiger partial charge in [0.25, 0.3) is 5.91 Å². The number of hydrogen-bond donors (Lipinski definition) is 7. The molecule has 0 radical (unpaired) electrons. The number of ketones is 2. The molecule has 5 atom stereocenters. The van der Waals surface area contributed by atoms with Crippen LogP contribution in [0.15, 0.2) is 29.0 Å². The molecule has 40 heavy (non-hydrogen) atoms. The number of carbonyl (C=O) groups excluding carboxylic acids is 4. The van der Waals surface area contributed by atoms with Crippen molar-refractivity contribution < 1.29 is 49.5 Å². The van der Waals surface area contributed by atoms with Crippen LogP contribution in [0.3, 0.4) is 0 Å². The Hall–Kier alpha value is -3.75. The van der Waals surface area contributed by atoms with E-state index in [0.717, 1.165) is 0 Å². The number of carbonyl (C=O) groups is 5. The summed E-state index contributed by atoms with van der Waals surface area (Å²) in [6.07, 6.45) is -0.243. The van der Waals surface area contributed by atoms with E-state index in [1.54, 1.807) is 0 Å². The van der Waals surface area contributed by atoms with E-state index in [2.05, 4.69) is 21.2 Å². The van der Waals surface area contributed by atoms with Crippen LogP contribution >= 0.6 is 15.9 Å². The third-order valence-electron chi connectivity index (χ3n) is 7.75. The van der Waals surface area contributed by atoms with Gasteiger partial charge in [-0.15, -0.1) is 0 Å². The van der Waals surface area contributed by atoms with Crippen LogP contribution in [-0.4, -0.2) is 90.3 Å². The highest BCUT2D eigenvalue weighted by Crippen LogP contribution is 2.53. The number of nitrogens with two attached hydrogens (primary N) is 1. The highest BCUT2D eigenvalue weighted by Gasteiger charge is 2.64. The van der Waals surface area contributed by atoms with Gasteiger partial charge in [-0.1, -0.05) is 22.0 Å². The first-order chi connectivity index (χ1) is 18.6. The lowest BCUT2D eigenvalue weighted by Crippen LogP contribution is -2.65. The lowest BCUT2D eigenvalue weighted by Gasteiger charge is -2.50. The van der Waals surface area contributed by atoms with Crippen molar-refractivity contribution in [1.29, 1.82) is 0 Å². The second-order valence-electron chi connectivity index (χ2n) is 10.3. The number of alkyl halides is 1. The van der Waals surface area contributed by atoms with E-state index in [-0.39, 0.29) is 42.5 Å². The van der Waals surface area contributed by atoms with Crippen molar-refractivity contribution in [1.82, 2.24) is 4.90 Å². The van der Waals surface area contributed by atoms with Crippen LogP contribution < -0.4 is 11.1 Å². The Morgan fingerprint density at radius 2 is 1.85 bits per heavy atom. The zero-order valence-electron chi connectivity index (χ0n) is 21.5. The summed E-state index contributed by atoms with van der Waals surface area (Å²) in [7, 11) is 3.03. The number of nitrogens with one attached hydrogen (secondary N) is 1. The summed E-state index contributed by atoms with van der Waals surface area (Å²) in [4.78, 5) is 62.8. The zero-order valence-corrected chi connectivity index (χ0v) is 23.1. The molecule has 1 aromatic carbocycles. The Balaban J connectivity index is 1.78. The first-order valence-corrected chi connectivity index (χ1v) is 13.2. The van der Waals surface area contributed by atoms with Crippen LogP contribution in [0.25, 0.3) is 5.76 Å². The smallest absolute Gasteiger partial charge is 0.303 e. The van der Waals surface area contributed by atoms with Gasteiger partial charge in [0.05, 0.1) is 22.1 Å². The molecule has 8 N–H and O–H groups in total. The number of carboxylic acids is 1. The number of primary amides is 1. The number of aliphatic hydroxyl groups excluding tert-OH is 2. The number of halogens is 1. The molecule has 1 saturated carbocycles. The zero-order chi connectivity index (χ0) is 29.8. The molecule has 3 aliphatic carbocycles. The van der Waals surface area contributed by atoms with Crippen LogP contribution in [0.4, 0.5) is 5.69 Å². The van der Waals surface area contributed by atoms with Crippen molar-refractivity contribution in [3.05, 3.63) is 40.2 Å². The molecule has 0 aliphatic heterocycles. The summed E-state index contributed by atoms with van der Waals surface area (Å²) >= 11 is 3.10. The van der Waals surface area contributed by atoms with E-state index in [9.17, 15) is 44.4 Å². The number of fused-ring (bicyclic) bond motifs is 3. The predicted octanol–water partition coefficient (Wildman–Crippen LogP) is 0.531. The van der Waals surface area contributed by atoms with E-state index in [1.807, 2.05) is 0 Å². The minimum absolute atomic E-state index is 0.0289. The van der Waals surface area contributed by atoms with Crippen molar-refractivity contribution >= 4 is 56.7 Å². The molecule has 214 valence electrons. The molecular formula is C26H28BrN3O10. The fourth-order valence-corrected chi connectivity index (χ4v) is 6.26. The van der Waals surface area contributed by atoms with Gasteiger partial charge in [-0.25, -0.2) is 0 Å². The van der Waals surface area contributed by atoms with E-state index in [4.69, 9.17) is 10.8 Å². The van der Waals surface area contributed by atoms with Crippen molar-refractivity contribution in [2.24, 2.45) is 17.6 Å². The summed E-state index contributed by atoms with van der Waals surface area (Å²) in [5.41, 5.74) is 1.47. The number of phenols is 1. The van der Waals surface area contributed by atoms with E-state index >= 15 is 0 Å². The molecule has 1 fully saturated rings. The third-order valence-corrected chi connectivity index (χ3v) is 8.62. The number of aromatic hydroxyl groups is 1. The van der Waals surface area contributed by atoms with E-state index < -0.39 is 80.5 Å². The van der Waals surface area contributed by atoms with E-state index in [0.29, 0.717) is 5.56 Å². The molecule has 1 aromatic rings. The molecule has 0 bridgehead atoms. The van der Waals surface area contributed by atoms with Crippen molar-refractivity contribution in [3.63, 3.8) is 0 Å². The largest absolute Gasteiger partial charge is 0.508 e. The molecule has 3 unspecified atom stereocenters. The second kappa shape index (κ2) is 10.3. The molecule has 2 amide bonds. The molecule has 0 spiro atoms. The van der Waals surface area contributed by atoms with Gasteiger partial charge in [0.2, 0.25) is 11.7 Å². The number of hydrogen-bond acceptors (Lipinski definition) is 10. The Kier molecular flexibility index (Phi) is 7.56. The summed E-state index contributed by atoms with van der Waals surface area (Å²) in [6, 6.07) is 1.74. The molecule has 0 saturated heterocycles. The van der Waals surface area contributed by atoms with Gasteiger partial charge in [-0.2, -0.15) is 0 Å². The normalized spacial score (nSPS) is 26.7. The van der Waals surface area contributed by atoms with Crippen molar-refractivity contribution in [3.8, 4) is 5.75 Å². The summed E-state index contributed by atoms with van der Waals surface area (Å²) in [6.45, 7) is 0. The molecule has 14 heteroatoms. The van der Waals surface area contributed by atoms with Gasteiger partial charge in [0.15, 0.2) is 11.4 Å². The number of carboxylic acid groups (broad SMARTS) is 1. The number of likely N-dealkylation sites (N-methyl/N-ethyl adjacent to an activating group) is 1. The highest BCUT2D eigenvalue weighted by molar-refractivity contribution is 9.10. The van der Waals surface area contributed by atoms with Crippen molar-refractivity contribution in [2.75, 3.05) is 19.4 Å². The van der Waals surface area contributed by atoms with Crippen LogP contribution in [0, 0.1) is 11.8 Å². The highest BCUT2D eigenvalue weighted by atomic mass is 79.9. The number of aliphatic carboxylic acids is 1. The van der Waals surface area contributed by atoms with Gasteiger partial charge in [-0.3, -0.25) is 28.9 Å². The fraction of sp³-hybridized carbons (Fsp3) is 0.423. The first-order valence-electron chi connectivity index (χ1n) is 12.3. The van der Waals surface area contributed by atoms with Crippen LogP contribution in [0.2, 0.25) is 0 Å². The standard InChI is InChI=1S/C26H28BrN3O10/c1-30(2)18-11-8-10-7-9-3-5-13(29-25(39)12(27)4-6-14(31)32)19(33)15(9)20(34)16(10)22(36)26(11,40)23(37)17(21(18)35)24(28)38/h3,5,10-12,18,33-34,37,40H,4,6-8H2,1-2H3,(H2,28,38)(H,29,39)(H,31,32)/t10?,11?,12?,18-,26-/m0/s1. The Bertz CT molecular complexity index is 1420. The molecule has 0 heterocycles. The quantitative estimate of drug-likeness (QED) is 0.126. The summed E-state index contributed by atoms with van der Waals surface area (Å²) in [5.74, 6) is -9.39. The predicted molar refractivity (Wildman–Crippen MR) is 142 cm³/mol. The second-order valence-corrected chi connectivity index (χ2v) is 11.5. The maximum absolute atomic E-state index is 13.8. The minimum Gasteiger partial charge on any atom is -0.508 e. The van der Waals surface area contributed by atoms with Crippen LogP contribution in [-0.2, 0) is 30.4 Å². The monoisotopic (exact) mass is 621 g/mol. The Morgan fingerprint density at radius 3 is 2.42 bits per heavy atom. The minimum atomic E-state index is -2.75. The molecular weight excluding hydrogens is 594 g/mol. The summed E-state index contributed by atoms with van der Waals surface area (Å²) in [5, 5.41) is 56.0. The Morgan fingerprint density at radius 1 is 1.20 bits per heavy atom. The number of rotatable bonds is 7. The fourth-order valence-electron chi connectivity index (χ4n) is 5.91. The topological polar surface area (TPSA) is 228 Å². The number of Topliss-reactive ketones (excluding diaryl/α,β-unsaturated/α-hetero) is 2. The maximum Gasteiger partial charge on any atom is 0.303 e. The number of benzene rings is 1. The number of phenolic OH excluding ortho intramolecular Hbond substituents is 1. The molecule has 0 aromatic heterocycles. The van der Waals surface area contributed by atoms with Gasteiger partial charge in [0.1, 0.15) is 22.8 Å². The van der Waals surface area contributed by atoms with Gasteiger partial charge in [-0.05, 0) is 50.9 Å². The number of aliphatic hydroxyl groups is 3. The number of amides is 2. The number of anilines is 1. The van der Waals surface area contributed by atoms with Crippen LogP contribution in [0.1, 0.15) is 30.4 Å². The number of nitrogens with zero attached hydrogens (tertiary/aromatic N) is 1. The first kappa shape index (κ1) is 29.2. The van der Waals surface area contributed by atoms with Gasteiger partial charge < -0.3 is 36.6 Å². The van der Waals surface area contributed by atoms with E-state index in [1.165, 1.54) is 31.1 Å². The average Bonchev–Trinajstić information content (AvgIpc) is 2.85. The average molecular weight is 622 g/mol. The molecule has 13 nitrogen and oxygen atoms in total. The SMILES string of the molecule is CN(C)[C@@H]1C(=O)C(C(N)=O)=C(O)[C@@]2(O)C(=O)C3=C(O)c4c(ccc(NC(=O)C(Br)CCC(=O)O)c4O)CC3CC12. The lowest BCUT2D eigenvalue weighted by atomic mass is 9.57. The summed E-state index contributed by atoms with van der Waals surface area (Å²) < 4.78 is 0. The molecule has 3 aliphatic rings. The maximum atomic E-state index is 13.8. The third kappa shape index (κ3) is 4.45. The van der Waals surface area contributed by atoms with Crippen molar-refractivity contribution in [2.45, 2.75) is 42.2 Å².